The van der Waals surface area contributed by atoms with Crippen molar-refractivity contribution in [2.24, 2.45) is 0 Å². The van der Waals surface area contributed by atoms with Gasteiger partial charge in [-0.3, -0.25) is 9.59 Å². The number of amides is 2. The van der Waals surface area contributed by atoms with E-state index in [2.05, 4.69) is 5.32 Å². The number of methoxy groups -OCH3 is 1. The number of hydrogen-bond donors (Lipinski definition) is 1. The summed E-state index contributed by atoms with van der Waals surface area (Å²) < 4.78 is 5.12. The SMILES string of the molecule is COc1ccc(N2C(=O)C[C@H]([NH2+]C3CCCCCC3)C2=O)cc1. The molecule has 1 aromatic carbocycles. The maximum atomic E-state index is 12.7. The van der Waals surface area contributed by atoms with Crippen LogP contribution < -0.4 is 15.0 Å². The molecule has 1 saturated carbocycles. The lowest BCUT2D eigenvalue weighted by Crippen LogP contribution is -2.96. The van der Waals surface area contributed by atoms with Crippen molar-refractivity contribution in [2.75, 3.05) is 12.0 Å². The summed E-state index contributed by atoms with van der Waals surface area (Å²) in [4.78, 5) is 26.3. The van der Waals surface area contributed by atoms with Gasteiger partial charge in [-0.1, -0.05) is 12.8 Å². The molecule has 0 radical (unpaired) electrons. The maximum Gasteiger partial charge on any atom is 0.292 e. The number of quaternary nitrogens is 1. The highest BCUT2D eigenvalue weighted by Crippen LogP contribution is 2.24. The number of imide groups is 1. The summed E-state index contributed by atoms with van der Waals surface area (Å²) in [6.45, 7) is 0. The highest BCUT2D eigenvalue weighted by atomic mass is 16.5. The van der Waals surface area contributed by atoms with Crippen LogP contribution >= 0.6 is 0 Å². The first-order valence-electron chi connectivity index (χ1n) is 8.55. The van der Waals surface area contributed by atoms with Gasteiger partial charge in [0.1, 0.15) is 5.75 Å². The topological polar surface area (TPSA) is 63.2 Å². The van der Waals surface area contributed by atoms with Crippen LogP contribution in [0.25, 0.3) is 0 Å². The number of anilines is 1. The summed E-state index contributed by atoms with van der Waals surface area (Å²) in [5, 5.41) is 2.15. The van der Waals surface area contributed by atoms with Crippen molar-refractivity contribution in [2.45, 2.75) is 57.0 Å². The normalized spacial score (nSPS) is 23.2. The molecule has 23 heavy (non-hydrogen) atoms. The number of carbonyl (C=O) groups excluding carboxylic acids is 2. The zero-order valence-electron chi connectivity index (χ0n) is 13.7. The number of carbonyl (C=O) groups is 2. The number of benzene rings is 1. The molecule has 2 amide bonds. The van der Waals surface area contributed by atoms with Crippen molar-refractivity contribution in [3.63, 3.8) is 0 Å². The molecule has 1 saturated heterocycles. The average Bonchev–Trinajstić information content (AvgIpc) is 2.74. The molecule has 2 aliphatic rings. The van der Waals surface area contributed by atoms with E-state index in [1.165, 1.54) is 30.6 Å². The Morgan fingerprint density at radius 3 is 2.30 bits per heavy atom. The zero-order valence-corrected chi connectivity index (χ0v) is 13.7. The van der Waals surface area contributed by atoms with E-state index in [1.54, 1.807) is 31.4 Å². The summed E-state index contributed by atoms with van der Waals surface area (Å²) in [5.41, 5.74) is 0.637. The van der Waals surface area contributed by atoms with Crippen LogP contribution in [0.5, 0.6) is 5.75 Å². The summed E-state index contributed by atoms with van der Waals surface area (Å²) in [7, 11) is 1.60. The first-order valence-corrected chi connectivity index (χ1v) is 8.55. The highest BCUT2D eigenvalue weighted by molar-refractivity contribution is 6.21. The van der Waals surface area contributed by atoms with Gasteiger partial charge in [-0.25, -0.2) is 4.90 Å². The number of ether oxygens (including phenoxy) is 1. The first kappa shape index (κ1) is 16.0. The fraction of sp³-hybridized carbons (Fsp3) is 0.556. The predicted molar refractivity (Wildman–Crippen MR) is 87.3 cm³/mol. The molecule has 5 nitrogen and oxygen atoms in total. The third kappa shape index (κ3) is 3.55. The monoisotopic (exact) mass is 317 g/mol. The van der Waals surface area contributed by atoms with Gasteiger partial charge in [0.25, 0.3) is 5.91 Å². The van der Waals surface area contributed by atoms with Gasteiger partial charge in [-0.15, -0.1) is 0 Å². The average molecular weight is 317 g/mol. The van der Waals surface area contributed by atoms with Crippen molar-refractivity contribution in [3.8, 4) is 5.75 Å². The Labute approximate surface area is 137 Å². The molecule has 2 N–H and O–H groups in total. The van der Waals surface area contributed by atoms with Crippen LogP contribution in [0.1, 0.15) is 44.9 Å². The van der Waals surface area contributed by atoms with Crippen LogP contribution in [0.3, 0.4) is 0 Å². The summed E-state index contributed by atoms with van der Waals surface area (Å²) in [6, 6.07) is 7.31. The molecule has 1 aliphatic heterocycles. The molecule has 124 valence electrons. The van der Waals surface area contributed by atoms with Crippen LogP contribution in [0, 0.1) is 0 Å². The van der Waals surface area contributed by atoms with Gasteiger partial charge in [0.2, 0.25) is 5.91 Å². The molecular weight excluding hydrogens is 292 g/mol. The van der Waals surface area contributed by atoms with Crippen molar-refractivity contribution < 1.29 is 19.6 Å². The molecule has 1 aliphatic carbocycles. The molecule has 3 rings (SSSR count). The number of nitrogens with zero attached hydrogens (tertiary/aromatic N) is 1. The molecule has 0 unspecified atom stereocenters. The number of hydrogen-bond acceptors (Lipinski definition) is 3. The third-order valence-electron chi connectivity index (χ3n) is 4.92. The van der Waals surface area contributed by atoms with Gasteiger partial charge in [-0.05, 0) is 49.9 Å². The minimum absolute atomic E-state index is 0.0792. The molecule has 5 heteroatoms. The van der Waals surface area contributed by atoms with Crippen molar-refractivity contribution in [1.82, 2.24) is 0 Å². The van der Waals surface area contributed by atoms with Crippen LogP contribution in [0.2, 0.25) is 0 Å². The fourth-order valence-electron chi connectivity index (χ4n) is 3.64. The predicted octanol–water partition coefficient (Wildman–Crippen LogP) is 1.61. The summed E-state index contributed by atoms with van der Waals surface area (Å²) in [6.07, 6.45) is 7.67. The van der Waals surface area contributed by atoms with Crippen LogP contribution in [-0.2, 0) is 9.59 Å². The number of rotatable bonds is 4. The van der Waals surface area contributed by atoms with Crippen molar-refractivity contribution in [3.05, 3.63) is 24.3 Å². The largest absolute Gasteiger partial charge is 0.497 e. The van der Waals surface area contributed by atoms with Gasteiger partial charge in [0.15, 0.2) is 6.04 Å². The molecule has 1 heterocycles. The van der Waals surface area contributed by atoms with E-state index in [9.17, 15) is 9.59 Å². The van der Waals surface area contributed by atoms with Crippen LogP contribution in [-0.4, -0.2) is 31.0 Å². The molecular formula is C18H25N2O3+. The Hall–Kier alpha value is -1.88. The van der Waals surface area contributed by atoms with Crippen LogP contribution in [0.4, 0.5) is 5.69 Å². The van der Waals surface area contributed by atoms with Crippen molar-refractivity contribution in [1.29, 1.82) is 0 Å². The van der Waals surface area contributed by atoms with Gasteiger partial charge in [0.05, 0.1) is 25.3 Å². The lowest BCUT2D eigenvalue weighted by atomic mass is 10.1. The van der Waals surface area contributed by atoms with E-state index in [-0.39, 0.29) is 17.9 Å². The lowest BCUT2D eigenvalue weighted by Gasteiger charge is -2.18. The third-order valence-corrected chi connectivity index (χ3v) is 4.92. The maximum absolute atomic E-state index is 12.7. The molecule has 0 aromatic heterocycles. The quantitative estimate of drug-likeness (QED) is 0.678. The Bertz CT molecular complexity index is 562. The molecule has 0 bridgehead atoms. The smallest absolute Gasteiger partial charge is 0.292 e. The highest BCUT2D eigenvalue weighted by Gasteiger charge is 2.43. The molecule has 1 atom stereocenters. The molecule has 0 spiro atoms. The molecule has 1 aromatic rings. The van der Waals surface area contributed by atoms with E-state index in [0.29, 0.717) is 18.2 Å². The Balaban J connectivity index is 1.68. The fourth-order valence-corrected chi connectivity index (χ4v) is 3.64. The Morgan fingerprint density at radius 2 is 1.70 bits per heavy atom. The second kappa shape index (κ2) is 7.13. The minimum atomic E-state index is -0.257. The van der Waals surface area contributed by atoms with E-state index in [4.69, 9.17) is 4.74 Å². The van der Waals surface area contributed by atoms with Crippen LogP contribution in [0.15, 0.2) is 24.3 Å². The first-order chi connectivity index (χ1) is 11.2. The molecule has 2 fully saturated rings. The second-order valence-corrected chi connectivity index (χ2v) is 6.52. The standard InChI is InChI=1S/C18H24N2O3/c1-23-15-10-8-14(9-11-15)20-17(21)12-16(18(20)22)19-13-6-4-2-3-5-7-13/h8-11,13,16,19H,2-7,12H2,1H3/p+1/t16-/m0/s1. The van der Waals surface area contributed by atoms with Crippen molar-refractivity contribution >= 4 is 17.5 Å². The summed E-state index contributed by atoms with van der Waals surface area (Å²) >= 11 is 0. The minimum Gasteiger partial charge on any atom is -0.497 e. The lowest BCUT2D eigenvalue weighted by molar-refractivity contribution is -0.708. The van der Waals surface area contributed by atoms with Gasteiger partial charge < -0.3 is 10.1 Å². The number of nitrogens with two attached hydrogens (primary N) is 1. The van der Waals surface area contributed by atoms with E-state index in [0.717, 1.165) is 18.6 Å². The second-order valence-electron chi connectivity index (χ2n) is 6.52. The summed E-state index contributed by atoms with van der Waals surface area (Å²) in [5.74, 6) is 0.536. The van der Waals surface area contributed by atoms with Gasteiger partial charge >= 0.3 is 0 Å². The Kier molecular flexibility index (Phi) is 4.96. The van der Waals surface area contributed by atoms with E-state index < -0.39 is 0 Å². The van der Waals surface area contributed by atoms with E-state index in [1.807, 2.05) is 0 Å². The van der Waals surface area contributed by atoms with Gasteiger partial charge in [-0.2, -0.15) is 0 Å². The Morgan fingerprint density at radius 1 is 1.04 bits per heavy atom. The van der Waals surface area contributed by atoms with E-state index >= 15 is 0 Å². The van der Waals surface area contributed by atoms with Gasteiger partial charge in [0, 0.05) is 0 Å². The zero-order chi connectivity index (χ0) is 16.2.